The van der Waals surface area contributed by atoms with E-state index in [-0.39, 0.29) is 30.3 Å². The second-order valence-electron chi connectivity index (χ2n) is 7.18. The fourth-order valence-electron chi connectivity index (χ4n) is 4.08. The Morgan fingerprint density at radius 2 is 2.07 bits per heavy atom. The van der Waals surface area contributed by atoms with Gasteiger partial charge in [0.15, 0.2) is 0 Å². The summed E-state index contributed by atoms with van der Waals surface area (Å²) in [6, 6.07) is 4.70. The SMILES string of the molecule is COc1ccc(Cl)cc1C(=O)N1CCCC1C(=O)N1CC(CN)CC1C.Cl. The third-order valence-corrected chi connectivity index (χ3v) is 5.70. The van der Waals surface area contributed by atoms with Crippen LogP contribution in [0.1, 0.15) is 36.5 Å². The van der Waals surface area contributed by atoms with Crippen molar-refractivity contribution in [3.05, 3.63) is 28.8 Å². The third-order valence-electron chi connectivity index (χ3n) is 5.47. The van der Waals surface area contributed by atoms with E-state index in [4.69, 9.17) is 22.1 Å². The molecule has 8 heteroatoms. The number of amides is 2. The maximum absolute atomic E-state index is 13.1. The molecule has 0 spiro atoms. The highest BCUT2D eigenvalue weighted by Gasteiger charge is 2.41. The number of halogens is 2. The number of carbonyl (C=O) groups is 2. The Bertz CT molecular complexity index is 701. The van der Waals surface area contributed by atoms with E-state index >= 15 is 0 Å². The maximum atomic E-state index is 13.1. The van der Waals surface area contributed by atoms with Crippen LogP contribution >= 0.6 is 24.0 Å². The van der Waals surface area contributed by atoms with Gasteiger partial charge in [-0.05, 0) is 56.8 Å². The molecule has 6 nitrogen and oxygen atoms in total. The lowest BCUT2D eigenvalue weighted by molar-refractivity contribution is -0.135. The average molecular weight is 416 g/mol. The number of methoxy groups -OCH3 is 1. The Morgan fingerprint density at radius 1 is 1.33 bits per heavy atom. The molecule has 2 aliphatic rings. The molecular weight excluding hydrogens is 389 g/mol. The Kier molecular flexibility index (Phi) is 7.37. The van der Waals surface area contributed by atoms with E-state index < -0.39 is 6.04 Å². The van der Waals surface area contributed by atoms with E-state index in [2.05, 4.69) is 6.92 Å². The van der Waals surface area contributed by atoms with E-state index in [1.807, 2.05) is 4.90 Å². The normalized spacial score (nSPS) is 24.7. The van der Waals surface area contributed by atoms with Crippen molar-refractivity contribution in [1.29, 1.82) is 0 Å². The summed E-state index contributed by atoms with van der Waals surface area (Å²) in [6.07, 6.45) is 2.42. The molecule has 27 heavy (non-hydrogen) atoms. The van der Waals surface area contributed by atoms with Crippen LogP contribution in [0, 0.1) is 5.92 Å². The molecule has 2 fully saturated rings. The van der Waals surface area contributed by atoms with E-state index in [9.17, 15) is 9.59 Å². The van der Waals surface area contributed by atoms with Gasteiger partial charge in [-0.1, -0.05) is 11.6 Å². The summed E-state index contributed by atoms with van der Waals surface area (Å²) in [5.41, 5.74) is 6.18. The zero-order chi connectivity index (χ0) is 18.8. The predicted molar refractivity (Wildman–Crippen MR) is 108 cm³/mol. The van der Waals surface area contributed by atoms with Crippen molar-refractivity contribution in [2.45, 2.75) is 38.3 Å². The number of hydrogen-bond acceptors (Lipinski definition) is 4. The molecular formula is C19H27Cl2N3O3. The Labute approximate surface area is 171 Å². The minimum absolute atomic E-state index is 0. The Balaban J connectivity index is 0.00000261. The number of ether oxygens (including phenoxy) is 1. The van der Waals surface area contributed by atoms with Gasteiger partial charge >= 0.3 is 0 Å². The number of benzene rings is 1. The quantitative estimate of drug-likeness (QED) is 0.819. The van der Waals surface area contributed by atoms with E-state index in [1.54, 1.807) is 23.1 Å². The zero-order valence-corrected chi connectivity index (χ0v) is 17.3. The molecule has 1 aromatic rings. The van der Waals surface area contributed by atoms with Gasteiger partial charge in [0.25, 0.3) is 5.91 Å². The van der Waals surface area contributed by atoms with Gasteiger partial charge in [-0.2, -0.15) is 0 Å². The molecule has 0 aliphatic carbocycles. The molecule has 2 amide bonds. The first-order valence-electron chi connectivity index (χ1n) is 9.11. The lowest BCUT2D eigenvalue weighted by Crippen LogP contribution is -2.49. The summed E-state index contributed by atoms with van der Waals surface area (Å²) < 4.78 is 5.31. The van der Waals surface area contributed by atoms with Gasteiger partial charge in [-0.25, -0.2) is 0 Å². The molecule has 1 aromatic carbocycles. The van der Waals surface area contributed by atoms with E-state index in [1.165, 1.54) is 7.11 Å². The van der Waals surface area contributed by atoms with Crippen LogP contribution < -0.4 is 10.5 Å². The minimum atomic E-state index is -0.426. The minimum Gasteiger partial charge on any atom is -0.496 e. The average Bonchev–Trinajstić information content (AvgIpc) is 3.27. The number of likely N-dealkylation sites (tertiary alicyclic amines) is 2. The molecule has 0 aromatic heterocycles. The Hall–Kier alpha value is -1.50. The molecule has 0 saturated carbocycles. The lowest BCUT2D eigenvalue weighted by Gasteiger charge is -2.30. The van der Waals surface area contributed by atoms with Gasteiger partial charge in [-0.3, -0.25) is 9.59 Å². The highest BCUT2D eigenvalue weighted by Crippen LogP contribution is 2.30. The van der Waals surface area contributed by atoms with Crippen LogP contribution in [-0.2, 0) is 4.79 Å². The fourth-order valence-corrected chi connectivity index (χ4v) is 4.25. The van der Waals surface area contributed by atoms with Crippen molar-refractivity contribution in [3.8, 4) is 5.75 Å². The van der Waals surface area contributed by atoms with Crippen LogP contribution in [0.5, 0.6) is 5.75 Å². The lowest BCUT2D eigenvalue weighted by atomic mass is 10.1. The van der Waals surface area contributed by atoms with Crippen LogP contribution in [0.25, 0.3) is 0 Å². The number of carbonyl (C=O) groups excluding carboxylic acids is 2. The molecule has 3 unspecified atom stereocenters. The Morgan fingerprint density at radius 3 is 2.70 bits per heavy atom. The van der Waals surface area contributed by atoms with Crippen molar-refractivity contribution in [2.75, 3.05) is 26.7 Å². The highest BCUT2D eigenvalue weighted by atomic mass is 35.5. The predicted octanol–water partition coefficient (Wildman–Crippen LogP) is 2.57. The smallest absolute Gasteiger partial charge is 0.258 e. The summed E-state index contributed by atoms with van der Waals surface area (Å²) in [4.78, 5) is 29.8. The van der Waals surface area contributed by atoms with Crippen molar-refractivity contribution < 1.29 is 14.3 Å². The van der Waals surface area contributed by atoms with Gasteiger partial charge in [0.05, 0.1) is 12.7 Å². The standard InChI is InChI=1S/C19H26ClN3O3.ClH/c1-12-8-13(10-21)11-23(12)19(25)16-4-3-7-22(16)18(24)15-9-14(20)5-6-17(15)26-2;/h5-6,9,12-13,16H,3-4,7-8,10-11,21H2,1-2H3;1H. The first kappa shape index (κ1) is 21.8. The summed E-state index contributed by atoms with van der Waals surface area (Å²) in [5, 5.41) is 0.468. The summed E-state index contributed by atoms with van der Waals surface area (Å²) in [7, 11) is 1.52. The number of nitrogens with two attached hydrogens (primary N) is 1. The molecule has 0 radical (unpaired) electrons. The third kappa shape index (κ3) is 4.33. The molecule has 2 saturated heterocycles. The topological polar surface area (TPSA) is 75.9 Å². The van der Waals surface area contributed by atoms with Gasteiger partial charge in [0, 0.05) is 24.2 Å². The van der Waals surface area contributed by atoms with E-state index in [0.717, 1.165) is 12.8 Å². The molecule has 150 valence electrons. The molecule has 2 N–H and O–H groups in total. The molecule has 2 heterocycles. The van der Waals surface area contributed by atoms with Crippen molar-refractivity contribution in [2.24, 2.45) is 11.7 Å². The molecule has 2 aliphatic heterocycles. The van der Waals surface area contributed by atoms with Crippen LogP contribution in [-0.4, -0.2) is 60.4 Å². The van der Waals surface area contributed by atoms with Gasteiger partial charge < -0.3 is 20.3 Å². The second kappa shape index (κ2) is 9.13. The first-order valence-corrected chi connectivity index (χ1v) is 9.49. The maximum Gasteiger partial charge on any atom is 0.258 e. The van der Waals surface area contributed by atoms with Crippen molar-refractivity contribution >= 4 is 35.8 Å². The summed E-state index contributed by atoms with van der Waals surface area (Å²) in [6.45, 7) is 3.87. The molecule has 3 rings (SSSR count). The van der Waals surface area contributed by atoms with Crippen LogP contribution in [0.4, 0.5) is 0 Å². The molecule has 0 bridgehead atoms. The first-order chi connectivity index (χ1) is 12.5. The number of nitrogens with zero attached hydrogens (tertiary/aromatic N) is 2. The monoisotopic (exact) mass is 415 g/mol. The summed E-state index contributed by atoms with van der Waals surface area (Å²) in [5.74, 6) is 0.630. The van der Waals surface area contributed by atoms with Crippen molar-refractivity contribution in [1.82, 2.24) is 9.80 Å². The van der Waals surface area contributed by atoms with Crippen LogP contribution in [0.2, 0.25) is 5.02 Å². The van der Waals surface area contributed by atoms with E-state index in [0.29, 0.717) is 48.3 Å². The zero-order valence-electron chi connectivity index (χ0n) is 15.7. The highest BCUT2D eigenvalue weighted by molar-refractivity contribution is 6.31. The van der Waals surface area contributed by atoms with Gasteiger partial charge in [0.2, 0.25) is 5.91 Å². The van der Waals surface area contributed by atoms with Crippen LogP contribution in [0.3, 0.4) is 0 Å². The summed E-state index contributed by atoms with van der Waals surface area (Å²) >= 11 is 6.06. The van der Waals surface area contributed by atoms with Crippen LogP contribution in [0.15, 0.2) is 18.2 Å². The van der Waals surface area contributed by atoms with Gasteiger partial charge in [-0.15, -0.1) is 12.4 Å². The fraction of sp³-hybridized carbons (Fsp3) is 0.579. The molecule has 3 atom stereocenters. The largest absolute Gasteiger partial charge is 0.496 e. The second-order valence-corrected chi connectivity index (χ2v) is 7.61. The number of rotatable bonds is 4. The number of hydrogen-bond donors (Lipinski definition) is 1. The van der Waals surface area contributed by atoms with Gasteiger partial charge in [0.1, 0.15) is 11.8 Å². The van der Waals surface area contributed by atoms with Crippen molar-refractivity contribution in [3.63, 3.8) is 0 Å².